The summed E-state index contributed by atoms with van der Waals surface area (Å²) in [6, 6.07) is 6.93. The summed E-state index contributed by atoms with van der Waals surface area (Å²) in [7, 11) is 0. The van der Waals surface area contributed by atoms with E-state index in [1.165, 1.54) is 16.0 Å². The van der Waals surface area contributed by atoms with Crippen LogP contribution >= 0.6 is 11.6 Å². The van der Waals surface area contributed by atoms with E-state index in [0.717, 1.165) is 16.9 Å². The Balaban J connectivity index is 1.99. The zero-order chi connectivity index (χ0) is 12.7. The molecule has 1 aromatic heterocycles. The molecule has 0 spiro atoms. The monoisotopic (exact) mass is 263 g/mol. The van der Waals surface area contributed by atoms with Crippen LogP contribution in [0.25, 0.3) is 0 Å². The molecule has 7 heteroatoms. The van der Waals surface area contributed by atoms with Gasteiger partial charge in [-0.05, 0) is 24.3 Å². The zero-order valence-corrected chi connectivity index (χ0v) is 10.3. The number of fused-ring (bicyclic) bond motifs is 1. The smallest absolute Gasteiger partial charge is 0.279 e. The highest BCUT2D eigenvalue weighted by Gasteiger charge is 2.16. The molecule has 0 atom stereocenters. The van der Waals surface area contributed by atoms with Crippen LogP contribution in [0.3, 0.4) is 0 Å². The van der Waals surface area contributed by atoms with Crippen LogP contribution in [-0.4, -0.2) is 9.89 Å². The van der Waals surface area contributed by atoms with Crippen LogP contribution in [0, 0.1) is 6.92 Å². The van der Waals surface area contributed by atoms with Crippen LogP contribution in [0.5, 0.6) is 0 Å². The number of nitrogens with one attached hydrogen (secondary N) is 1. The first-order chi connectivity index (χ1) is 8.63. The van der Waals surface area contributed by atoms with E-state index in [9.17, 15) is 4.79 Å². The van der Waals surface area contributed by atoms with Gasteiger partial charge < -0.3 is 0 Å². The van der Waals surface area contributed by atoms with E-state index in [1.54, 1.807) is 12.1 Å². The maximum absolute atomic E-state index is 11.7. The van der Waals surface area contributed by atoms with Crippen LogP contribution in [0.4, 0.5) is 5.69 Å². The number of aryl methyl sites for hydroxylation is 1. The van der Waals surface area contributed by atoms with Crippen molar-refractivity contribution in [1.29, 1.82) is 0 Å². The summed E-state index contributed by atoms with van der Waals surface area (Å²) in [5.41, 5.74) is 2.31. The molecule has 6 nitrogen and oxygen atoms in total. The molecule has 0 amide bonds. The minimum absolute atomic E-state index is 0.163. The molecule has 0 aliphatic carbocycles. The number of aromatic nitrogens is 2. The molecule has 92 valence electrons. The van der Waals surface area contributed by atoms with E-state index in [4.69, 9.17) is 11.6 Å². The van der Waals surface area contributed by atoms with Gasteiger partial charge in [0.1, 0.15) is 0 Å². The first kappa shape index (κ1) is 11.0. The van der Waals surface area contributed by atoms with Crippen molar-refractivity contribution in [3.8, 4) is 0 Å². The number of hydrogen-bond donors (Lipinski definition) is 1. The molecule has 0 unspecified atom stereocenters. The Labute approximate surface area is 107 Å². The van der Waals surface area contributed by atoms with Gasteiger partial charge in [0.2, 0.25) is 0 Å². The molecule has 1 aromatic carbocycles. The van der Waals surface area contributed by atoms with Crippen molar-refractivity contribution in [1.82, 2.24) is 9.89 Å². The van der Waals surface area contributed by atoms with Crippen molar-refractivity contribution in [2.45, 2.75) is 13.5 Å². The van der Waals surface area contributed by atoms with Crippen molar-refractivity contribution in [2.75, 3.05) is 5.12 Å². The van der Waals surface area contributed by atoms with E-state index >= 15 is 0 Å². The SMILES string of the molecule is Cc1cc(=O)n(N2Cc3ccc(Cl)cc3N=N2)[nH]1. The minimum atomic E-state index is -0.163. The van der Waals surface area contributed by atoms with Crippen molar-refractivity contribution in [3.05, 3.63) is 50.9 Å². The lowest BCUT2D eigenvalue weighted by Crippen LogP contribution is -2.37. The molecule has 0 fully saturated rings. The Morgan fingerprint density at radius 2 is 2.22 bits per heavy atom. The largest absolute Gasteiger partial charge is 0.287 e. The normalized spacial score (nSPS) is 13.8. The molecule has 1 aliphatic heterocycles. The number of rotatable bonds is 1. The van der Waals surface area contributed by atoms with Gasteiger partial charge in [0.25, 0.3) is 5.56 Å². The second-order valence-corrected chi connectivity index (χ2v) is 4.52. The number of H-pyrrole nitrogens is 1. The third-order valence-electron chi connectivity index (χ3n) is 2.68. The molecule has 0 radical (unpaired) electrons. The minimum Gasteiger partial charge on any atom is -0.279 e. The molecule has 0 bridgehead atoms. The molecule has 18 heavy (non-hydrogen) atoms. The Morgan fingerprint density at radius 3 is 2.94 bits per heavy atom. The van der Waals surface area contributed by atoms with E-state index < -0.39 is 0 Å². The van der Waals surface area contributed by atoms with Gasteiger partial charge in [0.05, 0.1) is 12.2 Å². The predicted molar refractivity (Wildman–Crippen MR) is 67.7 cm³/mol. The predicted octanol–water partition coefficient (Wildman–Crippen LogP) is 2.29. The lowest BCUT2D eigenvalue weighted by molar-refractivity contribution is 0.499. The molecule has 1 N–H and O–H groups in total. The number of aromatic amines is 1. The highest BCUT2D eigenvalue weighted by molar-refractivity contribution is 6.30. The van der Waals surface area contributed by atoms with Gasteiger partial charge >= 0.3 is 0 Å². The van der Waals surface area contributed by atoms with Crippen LogP contribution < -0.4 is 10.7 Å². The van der Waals surface area contributed by atoms with Gasteiger partial charge in [-0.1, -0.05) is 17.7 Å². The van der Waals surface area contributed by atoms with Gasteiger partial charge in [-0.3, -0.25) is 9.89 Å². The highest BCUT2D eigenvalue weighted by Crippen LogP contribution is 2.28. The molecule has 3 rings (SSSR count). The second-order valence-electron chi connectivity index (χ2n) is 4.08. The Bertz CT molecular complexity index is 687. The molecule has 2 heterocycles. The van der Waals surface area contributed by atoms with Crippen LogP contribution in [0.15, 0.2) is 39.4 Å². The Kier molecular flexibility index (Phi) is 2.45. The molecule has 2 aromatic rings. The topological polar surface area (TPSA) is 65.8 Å². The third kappa shape index (κ3) is 1.80. The summed E-state index contributed by atoms with van der Waals surface area (Å²) in [4.78, 5) is 13.0. The average molecular weight is 264 g/mol. The van der Waals surface area contributed by atoms with Crippen LogP contribution in [-0.2, 0) is 6.54 Å². The Hall–Kier alpha value is -2.08. The van der Waals surface area contributed by atoms with Crippen LogP contribution in [0.1, 0.15) is 11.3 Å². The average Bonchev–Trinajstić information content (AvgIpc) is 2.68. The summed E-state index contributed by atoms with van der Waals surface area (Å²) in [5.74, 6) is 0. The number of benzene rings is 1. The fourth-order valence-corrected chi connectivity index (χ4v) is 2.00. The fraction of sp³-hybridized carbons (Fsp3) is 0.182. The van der Waals surface area contributed by atoms with E-state index in [2.05, 4.69) is 15.4 Å². The van der Waals surface area contributed by atoms with Crippen molar-refractivity contribution < 1.29 is 0 Å². The molecular formula is C11H10ClN5O. The second kappa shape index (κ2) is 3.99. The van der Waals surface area contributed by atoms with Gasteiger partial charge in [-0.15, -0.1) is 9.91 Å². The Morgan fingerprint density at radius 1 is 1.39 bits per heavy atom. The maximum Gasteiger partial charge on any atom is 0.287 e. The molecule has 1 aliphatic rings. The highest BCUT2D eigenvalue weighted by atomic mass is 35.5. The third-order valence-corrected chi connectivity index (χ3v) is 2.91. The standard InChI is InChI=1S/C11H10ClN5O/c1-7-4-11(18)17(14-7)16-6-8-2-3-9(12)5-10(8)13-15-16/h2-5,14H,6H2,1H3. The summed E-state index contributed by atoms with van der Waals surface area (Å²) >= 11 is 5.88. The molecule has 0 saturated heterocycles. The van der Waals surface area contributed by atoms with E-state index in [1.807, 2.05) is 13.0 Å². The first-order valence-corrected chi connectivity index (χ1v) is 5.78. The van der Waals surface area contributed by atoms with Gasteiger partial charge in [0, 0.05) is 22.3 Å². The van der Waals surface area contributed by atoms with Crippen molar-refractivity contribution in [3.63, 3.8) is 0 Å². The lowest BCUT2D eigenvalue weighted by atomic mass is 10.2. The number of hydrogen-bond acceptors (Lipinski definition) is 4. The van der Waals surface area contributed by atoms with Gasteiger partial charge in [-0.2, -0.15) is 5.12 Å². The molecular weight excluding hydrogens is 254 g/mol. The van der Waals surface area contributed by atoms with Crippen molar-refractivity contribution >= 4 is 17.3 Å². The summed E-state index contributed by atoms with van der Waals surface area (Å²) in [6.07, 6.45) is 0. The number of halogens is 1. The van der Waals surface area contributed by atoms with Crippen molar-refractivity contribution in [2.24, 2.45) is 10.3 Å². The fourth-order valence-electron chi connectivity index (χ4n) is 1.83. The number of nitrogens with zero attached hydrogens (tertiary/aromatic N) is 4. The first-order valence-electron chi connectivity index (χ1n) is 5.40. The van der Waals surface area contributed by atoms with E-state index in [0.29, 0.717) is 11.6 Å². The lowest BCUT2D eigenvalue weighted by Gasteiger charge is -2.21. The quantitative estimate of drug-likeness (QED) is 0.858. The van der Waals surface area contributed by atoms with Gasteiger partial charge in [0.15, 0.2) is 0 Å². The molecule has 0 saturated carbocycles. The van der Waals surface area contributed by atoms with Gasteiger partial charge in [-0.25, -0.2) is 0 Å². The summed E-state index contributed by atoms with van der Waals surface area (Å²) < 4.78 is 0. The van der Waals surface area contributed by atoms with Crippen LogP contribution in [0.2, 0.25) is 5.02 Å². The van der Waals surface area contributed by atoms with E-state index in [-0.39, 0.29) is 5.56 Å². The summed E-state index contributed by atoms with van der Waals surface area (Å²) in [5, 5.41) is 13.0. The summed E-state index contributed by atoms with van der Waals surface area (Å²) in [6.45, 7) is 2.28. The maximum atomic E-state index is 11.7. The zero-order valence-electron chi connectivity index (χ0n) is 9.59.